The van der Waals surface area contributed by atoms with Crippen molar-refractivity contribution in [2.45, 2.75) is 45.9 Å². The molecule has 6 nitrogen and oxygen atoms in total. The van der Waals surface area contributed by atoms with E-state index < -0.39 is 5.60 Å². The Morgan fingerprint density at radius 2 is 2.17 bits per heavy atom. The number of pyridine rings is 1. The van der Waals surface area contributed by atoms with Gasteiger partial charge in [-0.3, -0.25) is 4.90 Å². The Morgan fingerprint density at radius 3 is 2.83 bits per heavy atom. The summed E-state index contributed by atoms with van der Waals surface area (Å²) in [5.41, 5.74) is 1.47. The molecule has 23 heavy (non-hydrogen) atoms. The average Bonchev–Trinajstić information content (AvgIpc) is 2.84. The van der Waals surface area contributed by atoms with Gasteiger partial charge in [0.25, 0.3) is 0 Å². The number of carbonyl (C=O) groups excluding carboxylic acids is 1. The van der Waals surface area contributed by atoms with E-state index in [1.54, 1.807) is 0 Å². The van der Waals surface area contributed by atoms with E-state index in [1.165, 1.54) is 0 Å². The third kappa shape index (κ3) is 5.25. The summed E-state index contributed by atoms with van der Waals surface area (Å²) >= 11 is 0. The van der Waals surface area contributed by atoms with E-state index in [0.717, 1.165) is 17.9 Å². The first-order valence-electron chi connectivity index (χ1n) is 7.84. The number of amides is 1. The number of carbonyl (C=O) groups is 1. The van der Waals surface area contributed by atoms with Crippen LogP contribution in [0.15, 0.2) is 30.6 Å². The molecule has 0 aliphatic heterocycles. The zero-order valence-electron chi connectivity index (χ0n) is 14.5. The van der Waals surface area contributed by atoms with E-state index in [-0.39, 0.29) is 12.1 Å². The first kappa shape index (κ1) is 17.3. The highest BCUT2D eigenvalue weighted by Crippen LogP contribution is 2.09. The molecule has 0 saturated carbocycles. The van der Waals surface area contributed by atoms with Crippen LogP contribution in [0, 0.1) is 0 Å². The van der Waals surface area contributed by atoms with Gasteiger partial charge in [0.2, 0.25) is 0 Å². The van der Waals surface area contributed by atoms with Gasteiger partial charge < -0.3 is 14.5 Å². The van der Waals surface area contributed by atoms with Gasteiger partial charge in [-0.2, -0.15) is 0 Å². The molecule has 0 aliphatic carbocycles. The van der Waals surface area contributed by atoms with Crippen molar-refractivity contribution in [2.75, 3.05) is 13.6 Å². The highest BCUT2D eigenvalue weighted by molar-refractivity contribution is 5.67. The highest BCUT2D eigenvalue weighted by atomic mass is 16.6. The highest BCUT2D eigenvalue weighted by Gasteiger charge is 2.18. The summed E-state index contributed by atoms with van der Waals surface area (Å²) in [6, 6.07) is 6.11. The van der Waals surface area contributed by atoms with Gasteiger partial charge in [-0.25, -0.2) is 9.78 Å². The van der Waals surface area contributed by atoms with Crippen LogP contribution in [-0.2, 0) is 11.3 Å². The van der Waals surface area contributed by atoms with Crippen LogP contribution in [0.2, 0.25) is 0 Å². The molecular weight excluding hydrogens is 292 g/mol. The summed E-state index contributed by atoms with van der Waals surface area (Å²) < 4.78 is 7.25. The lowest BCUT2D eigenvalue weighted by molar-refractivity contribution is 0.0512. The van der Waals surface area contributed by atoms with Crippen LogP contribution in [0.3, 0.4) is 0 Å². The molecule has 2 rings (SSSR count). The lowest BCUT2D eigenvalue weighted by Gasteiger charge is -2.25. The number of rotatable bonds is 5. The third-order valence-corrected chi connectivity index (χ3v) is 3.52. The standard InChI is InChI=1S/C17H26N4O2/c1-13(10-18-16(22)23-17(2,3)4)20(5)11-14-12-21-9-7-6-8-15(21)19-14/h6-9,12-13H,10-11H2,1-5H3,(H,18,22)/t13-/m1/s1. The van der Waals surface area contributed by atoms with E-state index in [9.17, 15) is 4.79 Å². The first-order chi connectivity index (χ1) is 10.7. The molecule has 1 amide bonds. The number of hydrogen-bond donors (Lipinski definition) is 1. The second kappa shape index (κ2) is 7.00. The summed E-state index contributed by atoms with van der Waals surface area (Å²) in [6.07, 6.45) is 3.63. The molecule has 0 fully saturated rings. The van der Waals surface area contributed by atoms with Gasteiger partial charge >= 0.3 is 6.09 Å². The number of nitrogens with one attached hydrogen (secondary N) is 1. The normalized spacial score (nSPS) is 13.3. The van der Waals surface area contributed by atoms with Crippen LogP contribution in [0.5, 0.6) is 0 Å². The van der Waals surface area contributed by atoms with Crippen molar-refractivity contribution in [3.63, 3.8) is 0 Å². The fraction of sp³-hybridized carbons (Fsp3) is 0.529. The number of likely N-dealkylation sites (N-methyl/N-ethyl adjacent to an activating group) is 1. The molecule has 0 unspecified atom stereocenters. The Morgan fingerprint density at radius 1 is 1.43 bits per heavy atom. The second-order valence-electron chi connectivity index (χ2n) is 6.85. The lowest BCUT2D eigenvalue weighted by atomic mass is 10.2. The minimum Gasteiger partial charge on any atom is -0.444 e. The summed E-state index contributed by atoms with van der Waals surface area (Å²) in [5.74, 6) is 0. The van der Waals surface area contributed by atoms with Gasteiger partial charge in [-0.1, -0.05) is 6.07 Å². The maximum absolute atomic E-state index is 11.7. The van der Waals surface area contributed by atoms with E-state index in [1.807, 2.05) is 62.8 Å². The molecule has 0 spiro atoms. The molecule has 126 valence electrons. The monoisotopic (exact) mass is 318 g/mol. The summed E-state index contributed by atoms with van der Waals surface area (Å²) in [7, 11) is 2.02. The fourth-order valence-electron chi connectivity index (χ4n) is 2.18. The van der Waals surface area contributed by atoms with Crippen molar-refractivity contribution in [2.24, 2.45) is 0 Å². The van der Waals surface area contributed by atoms with Gasteiger partial charge in [0.15, 0.2) is 0 Å². The Balaban J connectivity index is 1.85. The fourth-order valence-corrected chi connectivity index (χ4v) is 2.18. The maximum Gasteiger partial charge on any atom is 0.407 e. The molecule has 1 N–H and O–H groups in total. The van der Waals surface area contributed by atoms with Crippen molar-refractivity contribution in [3.8, 4) is 0 Å². The average molecular weight is 318 g/mol. The Hall–Kier alpha value is -2.08. The molecule has 0 saturated heterocycles. The molecule has 2 heterocycles. The van der Waals surface area contributed by atoms with Crippen LogP contribution in [0.4, 0.5) is 4.79 Å². The number of ether oxygens (including phenoxy) is 1. The van der Waals surface area contributed by atoms with Crippen molar-refractivity contribution >= 4 is 11.7 Å². The van der Waals surface area contributed by atoms with Crippen LogP contribution >= 0.6 is 0 Å². The van der Waals surface area contributed by atoms with E-state index in [2.05, 4.69) is 22.1 Å². The van der Waals surface area contributed by atoms with Gasteiger partial charge in [0.1, 0.15) is 11.2 Å². The van der Waals surface area contributed by atoms with E-state index in [4.69, 9.17) is 4.74 Å². The Bertz CT molecular complexity index is 627. The molecule has 6 heteroatoms. The van der Waals surface area contributed by atoms with Gasteiger partial charge in [-0.15, -0.1) is 0 Å². The summed E-state index contributed by atoms with van der Waals surface area (Å²) in [5, 5.41) is 2.80. The molecule has 0 radical (unpaired) electrons. The SMILES string of the molecule is C[C@H](CNC(=O)OC(C)(C)C)N(C)Cc1cn2ccccc2n1. The van der Waals surface area contributed by atoms with Crippen LogP contribution < -0.4 is 5.32 Å². The van der Waals surface area contributed by atoms with E-state index >= 15 is 0 Å². The molecular formula is C17H26N4O2. The Labute approximate surface area is 137 Å². The number of imidazole rings is 1. The lowest BCUT2D eigenvalue weighted by Crippen LogP contribution is -2.41. The van der Waals surface area contributed by atoms with E-state index in [0.29, 0.717) is 6.54 Å². The van der Waals surface area contributed by atoms with Gasteiger partial charge in [0.05, 0.1) is 5.69 Å². The van der Waals surface area contributed by atoms with Crippen LogP contribution in [0.1, 0.15) is 33.4 Å². The van der Waals surface area contributed by atoms with Gasteiger partial charge in [-0.05, 0) is 46.9 Å². The zero-order chi connectivity index (χ0) is 17.0. The number of alkyl carbamates (subject to hydrolysis) is 1. The van der Waals surface area contributed by atoms with Crippen LogP contribution in [0.25, 0.3) is 5.65 Å². The summed E-state index contributed by atoms with van der Waals surface area (Å²) in [4.78, 5) is 18.4. The second-order valence-corrected chi connectivity index (χ2v) is 6.85. The van der Waals surface area contributed by atoms with Gasteiger partial charge in [0, 0.05) is 31.5 Å². The zero-order valence-corrected chi connectivity index (χ0v) is 14.5. The molecule has 0 bridgehead atoms. The molecule has 0 aromatic carbocycles. The molecule has 0 aliphatic rings. The topological polar surface area (TPSA) is 58.9 Å². The first-order valence-corrected chi connectivity index (χ1v) is 7.84. The smallest absolute Gasteiger partial charge is 0.407 e. The number of fused-ring (bicyclic) bond motifs is 1. The molecule has 2 aromatic rings. The Kier molecular flexibility index (Phi) is 5.26. The molecule has 2 aromatic heterocycles. The van der Waals surface area contributed by atoms with Crippen molar-refractivity contribution in [1.29, 1.82) is 0 Å². The van der Waals surface area contributed by atoms with Crippen molar-refractivity contribution in [1.82, 2.24) is 19.6 Å². The predicted octanol–water partition coefficient (Wildman–Crippen LogP) is 2.68. The number of hydrogen-bond acceptors (Lipinski definition) is 4. The largest absolute Gasteiger partial charge is 0.444 e. The number of nitrogens with zero attached hydrogens (tertiary/aromatic N) is 3. The minimum atomic E-state index is -0.476. The van der Waals surface area contributed by atoms with Crippen molar-refractivity contribution < 1.29 is 9.53 Å². The minimum absolute atomic E-state index is 0.173. The maximum atomic E-state index is 11.7. The summed E-state index contributed by atoms with van der Waals surface area (Å²) in [6.45, 7) is 8.87. The third-order valence-electron chi connectivity index (χ3n) is 3.52. The van der Waals surface area contributed by atoms with Crippen LogP contribution in [-0.4, -0.2) is 45.6 Å². The molecule has 1 atom stereocenters. The quantitative estimate of drug-likeness (QED) is 0.921. The predicted molar refractivity (Wildman–Crippen MR) is 90.4 cm³/mol. The number of aromatic nitrogens is 2. The van der Waals surface area contributed by atoms with Crippen molar-refractivity contribution in [3.05, 3.63) is 36.3 Å².